The van der Waals surface area contributed by atoms with Crippen LogP contribution in [-0.4, -0.2) is 6.54 Å². The van der Waals surface area contributed by atoms with Crippen LogP contribution in [-0.2, 0) is 6.42 Å². The molecule has 0 spiro atoms. The number of rotatable bonds is 1. The second kappa shape index (κ2) is 3.88. The number of halogens is 1. The molecule has 2 aromatic carbocycles. The van der Waals surface area contributed by atoms with Gasteiger partial charge in [-0.15, -0.1) is 0 Å². The van der Waals surface area contributed by atoms with E-state index in [1.807, 2.05) is 13.0 Å². The minimum Gasteiger partial charge on any atom is -0.384 e. The highest BCUT2D eigenvalue weighted by Crippen LogP contribution is 2.30. The monoisotopic (exact) mass is 227 g/mol. The molecule has 86 valence electrons. The molecule has 1 nitrogen and oxygen atoms in total. The summed E-state index contributed by atoms with van der Waals surface area (Å²) in [6.45, 7) is 3.02. The summed E-state index contributed by atoms with van der Waals surface area (Å²) in [6.07, 6.45) is 1.05. The number of fused-ring (bicyclic) bond motifs is 1. The Balaban J connectivity index is 2.12. The molecule has 0 unspecified atom stereocenters. The zero-order chi connectivity index (χ0) is 11.8. The topological polar surface area (TPSA) is 12.0 Å². The van der Waals surface area contributed by atoms with Gasteiger partial charge in [0, 0.05) is 12.2 Å². The van der Waals surface area contributed by atoms with E-state index >= 15 is 0 Å². The van der Waals surface area contributed by atoms with E-state index in [1.165, 1.54) is 17.3 Å². The molecule has 1 aliphatic rings. The van der Waals surface area contributed by atoms with Gasteiger partial charge in [-0.25, -0.2) is 4.39 Å². The number of hydrogen-bond acceptors (Lipinski definition) is 1. The van der Waals surface area contributed by atoms with Crippen molar-refractivity contribution in [2.45, 2.75) is 13.3 Å². The van der Waals surface area contributed by atoms with Crippen molar-refractivity contribution >= 4 is 5.69 Å². The van der Waals surface area contributed by atoms with Crippen molar-refractivity contribution in [2.75, 3.05) is 11.9 Å². The van der Waals surface area contributed by atoms with E-state index in [9.17, 15) is 4.39 Å². The maximum absolute atomic E-state index is 13.3. The van der Waals surface area contributed by atoms with E-state index in [2.05, 4.69) is 23.5 Å². The van der Waals surface area contributed by atoms with Gasteiger partial charge in [0.05, 0.1) is 0 Å². The predicted octanol–water partition coefficient (Wildman–Crippen LogP) is 3.77. The lowest BCUT2D eigenvalue weighted by atomic mass is 9.98. The first kappa shape index (κ1) is 10.3. The Bertz CT molecular complexity index is 575. The summed E-state index contributed by atoms with van der Waals surface area (Å²) in [5.41, 5.74) is 5.73. The zero-order valence-corrected chi connectivity index (χ0v) is 9.76. The van der Waals surface area contributed by atoms with Crippen LogP contribution in [0.2, 0.25) is 0 Å². The van der Waals surface area contributed by atoms with Gasteiger partial charge in [0.2, 0.25) is 0 Å². The van der Waals surface area contributed by atoms with Gasteiger partial charge < -0.3 is 5.32 Å². The summed E-state index contributed by atoms with van der Waals surface area (Å²) in [6, 6.07) is 11.3. The molecule has 0 aliphatic carbocycles. The highest BCUT2D eigenvalue weighted by atomic mass is 19.1. The van der Waals surface area contributed by atoms with E-state index in [4.69, 9.17) is 0 Å². The molecule has 1 N–H and O–H groups in total. The fourth-order valence-electron chi connectivity index (χ4n) is 2.38. The van der Waals surface area contributed by atoms with Crippen molar-refractivity contribution in [3.8, 4) is 11.1 Å². The maximum atomic E-state index is 13.3. The lowest BCUT2D eigenvalue weighted by Gasteiger charge is -2.08. The Morgan fingerprint density at radius 3 is 2.88 bits per heavy atom. The van der Waals surface area contributed by atoms with Crippen molar-refractivity contribution in [1.29, 1.82) is 0 Å². The summed E-state index contributed by atoms with van der Waals surface area (Å²) >= 11 is 0. The van der Waals surface area contributed by atoms with Gasteiger partial charge in [-0.2, -0.15) is 0 Å². The molecule has 0 saturated carbocycles. The minimum atomic E-state index is -0.177. The largest absolute Gasteiger partial charge is 0.384 e. The quantitative estimate of drug-likeness (QED) is 0.782. The highest BCUT2D eigenvalue weighted by Gasteiger charge is 2.11. The van der Waals surface area contributed by atoms with Crippen LogP contribution in [0.5, 0.6) is 0 Å². The fourth-order valence-corrected chi connectivity index (χ4v) is 2.38. The van der Waals surface area contributed by atoms with Gasteiger partial charge >= 0.3 is 0 Å². The van der Waals surface area contributed by atoms with E-state index in [1.54, 1.807) is 6.07 Å². The summed E-state index contributed by atoms with van der Waals surface area (Å²) in [5.74, 6) is -0.177. The molecule has 0 fully saturated rings. The van der Waals surface area contributed by atoms with Crippen LogP contribution in [0.15, 0.2) is 36.4 Å². The van der Waals surface area contributed by atoms with Gasteiger partial charge in [0.15, 0.2) is 0 Å². The summed E-state index contributed by atoms with van der Waals surface area (Å²) < 4.78 is 13.3. The molecule has 0 saturated heterocycles. The molecule has 0 amide bonds. The molecule has 2 heteroatoms. The number of aryl methyl sites for hydroxylation is 1. The summed E-state index contributed by atoms with van der Waals surface area (Å²) in [7, 11) is 0. The molecule has 2 aromatic rings. The average Bonchev–Trinajstić information content (AvgIpc) is 2.79. The molecule has 0 atom stereocenters. The van der Waals surface area contributed by atoms with Gasteiger partial charge in [0.1, 0.15) is 5.82 Å². The number of nitrogens with one attached hydrogen (secondary N) is 1. The molecular weight excluding hydrogens is 213 g/mol. The number of hydrogen-bond donors (Lipinski definition) is 1. The molecular formula is C15H14FN. The maximum Gasteiger partial charge on any atom is 0.123 e. The average molecular weight is 227 g/mol. The van der Waals surface area contributed by atoms with Crippen LogP contribution >= 0.6 is 0 Å². The molecule has 1 heterocycles. The Kier molecular flexibility index (Phi) is 2.36. The Morgan fingerprint density at radius 2 is 2.00 bits per heavy atom. The minimum absolute atomic E-state index is 0.177. The highest BCUT2D eigenvalue weighted by molar-refractivity contribution is 5.72. The van der Waals surface area contributed by atoms with Crippen molar-refractivity contribution in [3.63, 3.8) is 0 Å². The third-order valence-electron chi connectivity index (χ3n) is 3.33. The Labute approximate surface area is 100 Å². The van der Waals surface area contributed by atoms with Gasteiger partial charge in [-0.1, -0.05) is 12.1 Å². The Hall–Kier alpha value is -1.83. The van der Waals surface area contributed by atoms with Crippen molar-refractivity contribution in [3.05, 3.63) is 53.3 Å². The van der Waals surface area contributed by atoms with Crippen LogP contribution in [0.3, 0.4) is 0 Å². The standard InChI is InChI=1S/C15H14FN/c1-10-2-4-13(16)9-14(10)11-3-5-15-12(8-11)6-7-17-15/h2-5,8-9,17H,6-7H2,1H3. The van der Waals surface area contributed by atoms with Crippen molar-refractivity contribution in [2.24, 2.45) is 0 Å². The fraction of sp³-hybridized carbons (Fsp3) is 0.200. The molecule has 0 bridgehead atoms. The van der Waals surface area contributed by atoms with E-state index in [-0.39, 0.29) is 5.82 Å². The van der Waals surface area contributed by atoms with E-state index in [0.717, 1.165) is 29.7 Å². The number of benzene rings is 2. The third kappa shape index (κ3) is 1.80. The SMILES string of the molecule is Cc1ccc(F)cc1-c1ccc2c(c1)CCN2. The molecule has 0 radical (unpaired) electrons. The smallest absolute Gasteiger partial charge is 0.123 e. The molecule has 3 rings (SSSR count). The van der Waals surface area contributed by atoms with Gasteiger partial charge in [-0.3, -0.25) is 0 Å². The van der Waals surface area contributed by atoms with Crippen molar-refractivity contribution in [1.82, 2.24) is 0 Å². The normalized spacial score (nSPS) is 13.3. The first-order valence-corrected chi connectivity index (χ1v) is 5.87. The molecule has 17 heavy (non-hydrogen) atoms. The molecule has 1 aliphatic heterocycles. The van der Waals surface area contributed by atoms with Crippen LogP contribution in [0.1, 0.15) is 11.1 Å². The van der Waals surface area contributed by atoms with Gasteiger partial charge in [-0.05, 0) is 59.9 Å². The zero-order valence-electron chi connectivity index (χ0n) is 9.76. The number of anilines is 1. The van der Waals surface area contributed by atoms with Crippen LogP contribution in [0, 0.1) is 12.7 Å². The van der Waals surface area contributed by atoms with Gasteiger partial charge in [0.25, 0.3) is 0 Å². The third-order valence-corrected chi connectivity index (χ3v) is 3.33. The first-order chi connectivity index (χ1) is 8.24. The summed E-state index contributed by atoms with van der Waals surface area (Å²) in [4.78, 5) is 0. The van der Waals surface area contributed by atoms with Crippen LogP contribution in [0.4, 0.5) is 10.1 Å². The summed E-state index contributed by atoms with van der Waals surface area (Å²) in [5, 5.41) is 3.33. The second-order valence-electron chi connectivity index (χ2n) is 4.51. The second-order valence-corrected chi connectivity index (χ2v) is 4.51. The van der Waals surface area contributed by atoms with Crippen LogP contribution in [0.25, 0.3) is 11.1 Å². The van der Waals surface area contributed by atoms with Crippen LogP contribution < -0.4 is 5.32 Å². The Morgan fingerprint density at radius 1 is 1.12 bits per heavy atom. The first-order valence-electron chi connectivity index (χ1n) is 5.87. The lowest BCUT2D eigenvalue weighted by Crippen LogP contribution is -1.90. The van der Waals surface area contributed by atoms with E-state index < -0.39 is 0 Å². The van der Waals surface area contributed by atoms with Crippen molar-refractivity contribution < 1.29 is 4.39 Å². The lowest BCUT2D eigenvalue weighted by molar-refractivity contribution is 0.628. The molecule has 0 aromatic heterocycles. The predicted molar refractivity (Wildman–Crippen MR) is 68.8 cm³/mol. The van der Waals surface area contributed by atoms with E-state index in [0.29, 0.717) is 0 Å².